The van der Waals surface area contributed by atoms with Crippen molar-refractivity contribution < 1.29 is 14.1 Å². The van der Waals surface area contributed by atoms with Gasteiger partial charge in [0.1, 0.15) is 0 Å². The summed E-state index contributed by atoms with van der Waals surface area (Å²) < 4.78 is 13.4. The largest absolute Gasteiger partial charge is 0.334 e. The molecule has 0 bridgehead atoms. The summed E-state index contributed by atoms with van der Waals surface area (Å²) in [5, 5.41) is 10.8. The first-order valence-electron chi connectivity index (χ1n) is 8.03. The second-order valence-corrected chi connectivity index (χ2v) is 6.23. The highest BCUT2D eigenvalue weighted by molar-refractivity contribution is 5.95. The molecular weight excluding hydrogens is 301 g/mol. The molecule has 1 amide bonds. The van der Waals surface area contributed by atoms with E-state index in [9.17, 15) is 19.3 Å². The highest BCUT2D eigenvalue weighted by Crippen LogP contribution is 2.25. The van der Waals surface area contributed by atoms with Crippen LogP contribution in [0.25, 0.3) is 0 Å². The lowest BCUT2D eigenvalue weighted by Gasteiger charge is -2.28. The lowest BCUT2D eigenvalue weighted by Crippen LogP contribution is -2.42. The lowest BCUT2D eigenvalue weighted by atomic mass is 10.1. The van der Waals surface area contributed by atoms with Gasteiger partial charge in [0, 0.05) is 30.8 Å². The molecule has 1 aromatic carbocycles. The number of amides is 1. The maximum atomic E-state index is 13.4. The van der Waals surface area contributed by atoms with Crippen LogP contribution in [0.5, 0.6) is 0 Å². The molecule has 7 heteroatoms. The van der Waals surface area contributed by atoms with Crippen molar-refractivity contribution in [2.75, 3.05) is 26.2 Å². The molecular formula is C16H20FN3O3. The van der Waals surface area contributed by atoms with Crippen molar-refractivity contribution in [1.82, 2.24) is 9.80 Å². The summed E-state index contributed by atoms with van der Waals surface area (Å²) in [7, 11) is 0. The average Bonchev–Trinajstić information content (AvgIpc) is 3.19. The third-order valence-electron chi connectivity index (χ3n) is 4.70. The van der Waals surface area contributed by atoms with Gasteiger partial charge in [-0.15, -0.1) is 0 Å². The maximum absolute atomic E-state index is 13.4. The Labute approximate surface area is 134 Å². The minimum atomic E-state index is -0.915. The van der Waals surface area contributed by atoms with Crippen molar-refractivity contribution in [3.63, 3.8) is 0 Å². The number of nitrogens with zero attached hydrogens (tertiary/aromatic N) is 3. The Morgan fingerprint density at radius 2 is 2.00 bits per heavy atom. The van der Waals surface area contributed by atoms with E-state index in [1.54, 1.807) is 4.90 Å². The number of halogens is 1. The summed E-state index contributed by atoms with van der Waals surface area (Å²) in [5.74, 6) is -1.16. The van der Waals surface area contributed by atoms with Gasteiger partial charge in [-0.3, -0.25) is 14.9 Å². The second-order valence-electron chi connectivity index (χ2n) is 6.23. The highest BCUT2D eigenvalue weighted by atomic mass is 19.1. The number of rotatable bonds is 4. The molecule has 2 fully saturated rings. The molecule has 2 aliphatic heterocycles. The van der Waals surface area contributed by atoms with Gasteiger partial charge in [0.2, 0.25) is 5.82 Å². The normalized spacial score (nSPS) is 21.8. The van der Waals surface area contributed by atoms with E-state index in [-0.39, 0.29) is 17.5 Å². The molecule has 2 saturated heterocycles. The molecule has 0 N–H and O–H groups in total. The van der Waals surface area contributed by atoms with Crippen molar-refractivity contribution in [2.24, 2.45) is 0 Å². The SMILES string of the molecule is O=C(c1ccc(F)c([N+](=O)[O-])c1)N1CCCC1CN1CCCC1. The third-order valence-corrected chi connectivity index (χ3v) is 4.70. The van der Waals surface area contributed by atoms with Crippen molar-refractivity contribution in [3.05, 3.63) is 39.7 Å². The number of nitro groups is 1. The fraction of sp³-hybridized carbons (Fsp3) is 0.562. The quantitative estimate of drug-likeness (QED) is 0.631. The van der Waals surface area contributed by atoms with Crippen LogP contribution < -0.4 is 0 Å². The molecule has 1 aromatic rings. The lowest BCUT2D eigenvalue weighted by molar-refractivity contribution is -0.387. The van der Waals surface area contributed by atoms with Crippen LogP contribution in [-0.2, 0) is 0 Å². The van der Waals surface area contributed by atoms with Gasteiger partial charge in [-0.25, -0.2) is 0 Å². The van der Waals surface area contributed by atoms with E-state index in [2.05, 4.69) is 4.90 Å². The molecule has 0 aliphatic carbocycles. The summed E-state index contributed by atoms with van der Waals surface area (Å²) in [4.78, 5) is 26.9. The monoisotopic (exact) mass is 321 g/mol. The van der Waals surface area contributed by atoms with Gasteiger partial charge in [0.15, 0.2) is 0 Å². The van der Waals surface area contributed by atoms with E-state index in [0.29, 0.717) is 6.54 Å². The fourth-order valence-corrected chi connectivity index (χ4v) is 3.51. The summed E-state index contributed by atoms with van der Waals surface area (Å²) in [6.45, 7) is 3.65. The van der Waals surface area contributed by atoms with E-state index in [4.69, 9.17) is 0 Å². The first kappa shape index (κ1) is 15.9. The molecule has 124 valence electrons. The molecule has 0 aromatic heterocycles. The van der Waals surface area contributed by atoms with Crippen LogP contribution in [0.4, 0.5) is 10.1 Å². The molecule has 0 radical (unpaired) electrons. The van der Waals surface area contributed by atoms with Crippen molar-refractivity contribution in [1.29, 1.82) is 0 Å². The second kappa shape index (κ2) is 6.62. The van der Waals surface area contributed by atoms with E-state index in [1.807, 2.05) is 0 Å². The molecule has 3 rings (SSSR count). The predicted octanol–water partition coefficient (Wildman–Crippen LogP) is 2.43. The number of benzene rings is 1. The number of carbonyl (C=O) groups excluding carboxylic acids is 1. The van der Waals surface area contributed by atoms with Gasteiger partial charge in [0.05, 0.1) is 4.92 Å². The molecule has 1 atom stereocenters. The minimum absolute atomic E-state index is 0.143. The number of likely N-dealkylation sites (tertiary alicyclic amines) is 2. The van der Waals surface area contributed by atoms with E-state index in [1.165, 1.54) is 18.9 Å². The highest BCUT2D eigenvalue weighted by Gasteiger charge is 2.32. The van der Waals surface area contributed by atoms with Gasteiger partial charge < -0.3 is 9.80 Å². The Bertz CT molecular complexity index is 617. The molecule has 6 nitrogen and oxygen atoms in total. The zero-order chi connectivity index (χ0) is 16.4. The molecule has 1 unspecified atom stereocenters. The van der Waals surface area contributed by atoms with Crippen LogP contribution in [0.3, 0.4) is 0 Å². The van der Waals surface area contributed by atoms with Crippen LogP contribution >= 0.6 is 0 Å². The smallest absolute Gasteiger partial charge is 0.305 e. The topological polar surface area (TPSA) is 66.7 Å². The number of nitro benzene ring substituents is 1. The molecule has 23 heavy (non-hydrogen) atoms. The van der Waals surface area contributed by atoms with E-state index >= 15 is 0 Å². The van der Waals surface area contributed by atoms with Crippen molar-refractivity contribution in [2.45, 2.75) is 31.7 Å². The number of hydrogen-bond donors (Lipinski definition) is 0. The van der Waals surface area contributed by atoms with Gasteiger partial charge in [-0.05, 0) is 50.9 Å². The first-order chi connectivity index (χ1) is 11.1. The Morgan fingerprint density at radius 1 is 1.26 bits per heavy atom. The number of carbonyl (C=O) groups is 1. The molecule has 0 saturated carbocycles. The maximum Gasteiger partial charge on any atom is 0.305 e. The van der Waals surface area contributed by atoms with Crippen LogP contribution in [0.1, 0.15) is 36.0 Å². The molecule has 2 heterocycles. The van der Waals surface area contributed by atoms with E-state index in [0.717, 1.165) is 44.6 Å². The number of hydrogen-bond acceptors (Lipinski definition) is 4. The Hall–Kier alpha value is -2.02. The summed E-state index contributed by atoms with van der Waals surface area (Å²) in [5.41, 5.74) is -0.461. The van der Waals surface area contributed by atoms with Gasteiger partial charge in [0.25, 0.3) is 5.91 Å². The van der Waals surface area contributed by atoms with Crippen molar-refractivity contribution >= 4 is 11.6 Å². The van der Waals surface area contributed by atoms with E-state index < -0.39 is 16.4 Å². The van der Waals surface area contributed by atoms with Crippen LogP contribution in [0.15, 0.2) is 18.2 Å². The fourth-order valence-electron chi connectivity index (χ4n) is 3.51. The van der Waals surface area contributed by atoms with Crippen LogP contribution in [0, 0.1) is 15.9 Å². The molecule has 2 aliphatic rings. The minimum Gasteiger partial charge on any atom is -0.334 e. The van der Waals surface area contributed by atoms with Crippen molar-refractivity contribution in [3.8, 4) is 0 Å². The average molecular weight is 321 g/mol. The summed E-state index contributed by atoms with van der Waals surface area (Å²) in [6.07, 6.45) is 4.29. The third kappa shape index (κ3) is 3.34. The van der Waals surface area contributed by atoms with Crippen LogP contribution in [-0.4, -0.2) is 52.9 Å². The Kier molecular flexibility index (Phi) is 4.56. The zero-order valence-corrected chi connectivity index (χ0v) is 12.9. The van der Waals surface area contributed by atoms with Crippen LogP contribution in [0.2, 0.25) is 0 Å². The predicted molar refractivity (Wildman–Crippen MR) is 82.8 cm³/mol. The van der Waals surface area contributed by atoms with Gasteiger partial charge >= 0.3 is 5.69 Å². The Balaban J connectivity index is 1.75. The summed E-state index contributed by atoms with van der Waals surface area (Å²) >= 11 is 0. The standard InChI is InChI=1S/C16H20FN3O3/c17-14-6-5-12(10-15(14)20(22)23)16(21)19-9-3-4-13(19)11-18-7-1-2-8-18/h5-6,10,13H,1-4,7-9,11H2. The van der Waals surface area contributed by atoms with Gasteiger partial charge in [-0.1, -0.05) is 0 Å². The van der Waals surface area contributed by atoms with Gasteiger partial charge in [-0.2, -0.15) is 4.39 Å². The zero-order valence-electron chi connectivity index (χ0n) is 12.9. The first-order valence-corrected chi connectivity index (χ1v) is 8.03. The molecule has 0 spiro atoms. The summed E-state index contributed by atoms with van der Waals surface area (Å²) in [6, 6.07) is 3.51. The Morgan fingerprint density at radius 3 is 2.70 bits per heavy atom.